The van der Waals surface area contributed by atoms with E-state index in [9.17, 15) is 4.79 Å². The van der Waals surface area contributed by atoms with Crippen molar-refractivity contribution in [2.24, 2.45) is 0 Å². The molecule has 0 aliphatic carbocycles. The average Bonchev–Trinajstić information content (AvgIpc) is 2.44. The van der Waals surface area contributed by atoms with Gasteiger partial charge in [0.05, 0.1) is 30.1 Å². The number of anilines is 1. The molecule has 1 amide bonds. The average molecular weight is 285 g/mol. The molecule has 0 saturated carbocycles. The Hall–Kier alpha value is -2.43. The number of ether oxygens (including phenoxy) is 1. The Morgan fingerprint density at radius 1 is 1.14 bits per heavy atom. The molecule has 0 fully saturated rings. The summed E-state index contributed by atoms with van der Waals surface area (Å²) in [5.41, 5.74) is 3.02. The van der Waals surface area contributed by atoms with Crippen molar-refractivity contribution in [1.29, 1.82) is 0 Å². The van der Waals surface area contributed by atoms with E-state index >= 15 is 0 Å². The Morgan fingerprint density at radius 3 is 2.33 bits per heavy atom. The van der Waals surface area contributed by atoms with Crippen LogP contribution in [-0.2, 0) is 11.2 Å². The van der Waals surface area contributed by atoms with Crippen molar-refractivity contribution >= 4 is 11.6 Å². The SMILES string of the molecule is CCOc1nc(C)c(NC(=O)Cc2ccccc2)c(C)n1. The molecular weight excluding hydrogens is 266 g/mol. The van der Waals surface area contributed by atoms with Gasteiger partial charge in [-0.25, -0.2) is 0 Å². The highest BCUT2D eigenvalue weighted by atomic mass is 16.5. The third-order valence-corrected chi connectivity index (χ3v) is 3.00. The zero-order valence-corrected chi connectivity index (χ0v) is 12.5. The van der Waals surface area contributed by atoms with Crippen LogP contribution >= 0.6 is 0 Å². The van der Waals surface area contributed by atoms with Gasteiger partial charge in [-0.05, 0) is 26.3 Å². The van der Waals surface area contributed by atoms with Gasteiger partial charge < -0.3 is 10.1 Å². The molecular formula is C16H19N3O2. The largest absolute Gasteiger partial charge is 0.464 e. The Morgan fingerprint density at radius 2 is 1.76 bits per heavy atom. The van der Waals surface area contributed by atoms with Gasteiger partial charge >= 0.3 is 6.01 Å². The van der Waals surface area contributed by atoms with Crippen LogP contribution < -0.4 is 10.1 Å². The number of hydrogen-bond acceptors (Lipinski definition) is 4. The summed E-state index contributed by atoms with van der Waals surface area (Å²) in [4.78, 5) is 20.6. The van der Waals surface area contributed by atoms with E-state index in [1.807, 2.05) is 51.1 Å². The molecule has 0 unspecified atom stereocenters. The fraction of sp³-hybridized carbons (Fsp3) is 0.312. The zero-order valence-electron chi connectivity index (χ0n) is 12.5. The van der Waals surface area contributed by atoms with E-state index in [-0.39, 0.29) is 5.91 Å². The molecule has 5 nitrogen and oxygen atoms in total. The van der Waals surface area contributed by atoms with Crippen molar-refractivity contribution in [2.75, 3.05) is 11.9 Å². The van der Waals surface area contributed by atoms with Crippen LogP contribution in [0.2, 0.25) is 0 Å². The number of carbonyl (C=O) groups is 1. The summed E-state index contributed by atoms with van der Waals surface area (Å²) < 4.78 is 5.29. The van der Waals surface area contributed by atoms with E-state index in [4.69, 9.17) is 4.74 Å². The standard InChI is InChI=1S/C16H19N3O2/c1-4-21-16-17-11(2)15(12(3)18-16)19-14(20)10-13-8-6-5-7-9-13/h5-9H,4,10H2,1-3H3,(H,19,20). The minimum Gasteiger partial charge on any atom is -0.464 e. The van der Waals surface area contributed by atoms with Gasteiger partial charge in [0.2, 0.25) is 5.91 Å². The molecule has 1 heterocycles. The van der Waals surface area contributed by atoms with Gasteiger partial charge in [0.15, 0.2) is 0 Å². The van der Waals surface area contributed by atoms with E-state index < -0.39 is 0 Å². The number of aryl methyl sites for hydroxylation is 2. The van der Waals surface area contributed by atoms with Crippen LogP contribution in [0.1, 0.15) is 23.9 Å². The second-order valence-electron chi connectivity index (χ2n) is 4.70. The number of benzene rings is 1. The topological polar surface area (TPSA) is 64.1 Å². The lowest BCUT2D eigenvalue weighted by Crippen LogP contribution is -2.17. The molecule has 0 saturated heterocycles. The molecule has 2 rings (SSSR count). The third kappa shape index (κ3) is 4.02. The van der Waals surface area contributed by atoms with Gasteiger partial charge in [0, 0.05) is 0 Å². The molecule has 1 N–H and O–H groups in total. The molecule has 0 aliphatic heterocycles. The van der Waals surface area contributed by atoms with E-state index in [1.54, 1.807) is 0 Å². The Bertz CT molecular complexity index is 604. The van der Waals surface area contributed by atoms with E-state index in [0.717, 1.165) is 5.56 Å². The van der Waals surface area contributed by atoms with Crippen LogP contribution in [0.25, 0.3) is 0 Å². The smallest absolute Gasteiger partial charge is 0.316 e. The molecule has 0 spiro atoms. The van der Waals surface area contributed by atoms with Crippen molar-refractivity contribution in [1.82, 2.24) is 9.97 Å². The summed E-state index contributed by atoms with van der Waals surface area (Å²) in [7, 11) is 0. The third-order valence-electron chi connectivity index (χ3n) is 3.00. The second-order valence-corrected chi connectivity index (χ2v) is 4.70. The molecule has 2 aromatic rings. The van der Waals surface area contributed by atoms with E-state index in [2.05, 4.69) is 15.3 Å². The molecule has 0 aliphatic rings. The summed E-state index contributed by atoms with van der Waals surface area (Å²) >= 11 is 0. The monoisotopic (exact) mass is 285 g/mol. The minimum atomic E-state index is -0.0832. The molecule has 5 heteroatoms. The van der Waals surface area contributed by atoms with Crippen LogP contribution in [0, 0.1) is 13.8 Å². The molecule has 0 radical (unpaired) electrons. The van der Waals surface area contributed by atoms with Crippen molar-refractivity contribution < 1.29 is 9.53 Å². The van der Waals surface area contributed by atoms with Crippen LogP contribution in [0.15, 0.2) is 30.3 Å². The predicted octanol–water partition coefficient (Wildman–Crippen LogP) is 2.67. The van der Waals surface area contributed by atoms with Crippen molar-refractivity contribution in [3.8, 4) is 6.01 Å². The number of hydrogen-bond donors (Lipinski definition) is 1. The van der Waals surface area contributed by atoms with Gasteiger partial charge in [0.25, 0.3) is 0 Å². The first-order valence-electron chi connectivity index (χ1n) is 6.92. The van der Waals surface area contributed by atoms with Crippen LogP contribution in [0.4, 0.5) is 5.69 Å². The first-order chi connectivity index (χ1) is 10.1. The van der Waals surface area contributed by atoms with Crippen LogP contribution in [-0.4, -0.2) is 22.5 Å². The summed E-state index contributed by atoms with van der Waals surface area (Å²) in [6.45, 7) is 6.05. The first-order valence-corrected chi connectivity index (χ1v) is 6.92. The van der Waals surface area contributed by atoms with Crippen molar-refractivity contribution in [2.45, 2.75) is 27.2 Å². The lowest BCUT2D eigenvalue weighted by Gasteiger charge is -2.12. The van der Waals surface area contributed by atoms with Crippen molar-refractivity contribution in [3.63, 3.8) is 0 Å². The van der Waals surface area contributed by atoms with E-state index in [1.165, 1.54) is 0 Å². The minimum absolute atomic E-state index is 0.0832. The lowest BCUT2D eigenvalue weighted by molar-refractivity contribution is -0.115. The Balaban J connectivity index is 2.10. The maximum atomic E-state index is 12.1. The highest BCUT2D eigenvalue weighted by Crippen LogP contribution is 2.19. The predicted molar refractivity (Wildman–Crippen MR) is 81.5 cm³/mol. The quantitative estimate of drug-likeness (QED) is 0.917. The highest BCUT2D eigenvalue weighted by Gasteiger charge is 2.12. The summed E-state index contributed by atoms with van der Waals surface area (Å²) in [6.07, 6.45) is 0.326. The maximum Gasteiger partial charge on any atom is 0.316 e. The van der Waals surface area contributed by atoms with Gasteiger partial charge in [-0.2, -0.15) is 9.97 Å². The second kappa shape index (κ2) is 6.83. The van der Waals surface area contributed by atoms with Gasteiger partial charge in [-0.15, -0.1) is 0 Å². The summed E-state index contributed by atoms with van der Waals surface area (Å²) in [5.74, 6) is -0.0832. The highest BCUT2D eigenvalue weighted by molar-refractivity contribution is 5.93. The summed E-state index contributed by atoms with van der Waals surface area (Å²) in [6, 6.07) is 9.95. The number of nitrogens with zero attached hydrogens (tertiary/aromatic N) is 2. The van der Waals surface area contributed by atoms with Crippen LogP contribution in [0.3, 0.4) is 0 Å². The normalized spacial score (nSPS) is 10.2. The molecule has 110 valence electrons. The lowest BCUT2D eigenvalue weighted by atomic mass is 10.1. The summed E-state index contributed by atoms with van der Waals surface area (Å²) in [5, 5.41) is 2.88. The van der Waals surface area contributed by atoms with Crippen LogP contribution in [0.5, 0.6) is 6.01 Å². The Kier molecular flexibility index (Phi) is 4.87. The number of aromatic nitrogens is 2. The van der Waals surface area contributed by atoms with Gasteiger partial charge in [-0.3, -0.25) is 4.79 Å². The Labute approximate surface area is 124 Å². The fourth-order valence-electron chi connectivity index (χ4n) is 2.02. The molecule has 0 atom stereocenters. The molecule has 21 heavy (non-hydrogen) atoms. The van der Waals surface area contributed by atoms with E-state index in [0.29, 0.717) is 36.1 Å². The molecule has 1 aromatic heterocycles. The number of rotatable bonds is 5. The van der Waals surface area contributed by atoms with Crippen molar-refractivity contribution in [3.05, 3.63) is 47.3 Å². The van der Waals surface area contributed by atoms with Gasteiger partial charge in [-0.1, -0.05) is 30.3 Å². The maximum absolute atomic E-state index is 12.1. The fourth-order valence-corrected chi connectivity index (χ4v) is 2.02. The molecule has 0 bridgehead atoms. The number of carbonyl (C=O) groups excluding carboxylic acids is 1. The number of amides is 1. The molecule has 1 aromatic carbocycles. The number of nitrogens with one attached hydrogen (secondary N) is 1. The first kappa shape index (κ1) is 15.0. The zero-order chi connectivity index (χ0) is 15.2. The van der Waals surface area contributed by atoms with Gasteiger partial charge in [0.1, 0.15) is 0 Å².